The molecule has 5 nitrogen and oxygen atoms in total. The van der Waals surface area contributed by atoms with Crippen molar-refractivity contribution in [2.24, 2.45) is 17.4 Å². The molecule has 1 unspecified atom stereocenters. The van der Waals surface area contributed by atoms with Gasteiger partial charge in [-0.1, -0.05) is 12.1 Å². The van der Waals surface area contributed by atoms with Crippen molar-refractivity contribution >= 4 is 11.8 Å². The minimum atomic E-state index is -0.301. The number of benzene rings is 1. The number of piperidine rings is 1. The zero-order valence-electron chi connectivity index (χ0n) is 13.4. The molecule has 4 N–H and O–H groups in total. The molecule has 2 aliphatic rings. The average molecular weight is 315 g/mol. The molecule has 1 aromatic rings. The topological polar surface area (TPSA) is 89.4 Å². The second kappa shape index (κ2) is 6.71. The van der Waals surface area contributed by atoms with Gasteiger partial charge in [0.05, 0.1) is 0 Å². The Balaban J connectivity index is 1.68. The fourth-order valence-corrected chi connectivity index (χ4v) is 4.04. The summed E-state index contributed by atoms with van der Waals surface area (Å²) in [6, 6.07) is 8.28. The second-order valence-corrected chi connectivity index (χ2v) is 6.83. The first kappa shape index (κ1) is 16.0. The first-order chi connectivity index (χ1) is 11.1. The molecule has 2 heterocycles. The molecular formula is C18H25N3O2. The highest BCUT2D eigenvalue weighted by Crippen LogP contribution is 2.39. The number of primary amides is 1. The Morgan fingerprint density at radius 2 is 1.70 bits per heavy atom. The minimum Gasteiger partial charge on any atom is -0.370 e. The van der Waals surface area contributed by atoms with E-state index in [0.717, 1.165) is 43.4 Å². The molecule has 2 aliphatic heterocycles. The standard InChI is InChI=1S/C18H25N3O2/c19-11-13-9-15-6-7-16(10-13)21(15)18(23)14-4-1-12(2-5-14)3-8-17(20)22/h1-2,4-5,13,15-16H,3,6-11,19H2,(H2,20,22)/t13?,15-,16+. The lowest BCUT2D eigenvalue weighted by atomic mass is 9.90. The van der Waals surface area contributed by atoms with E-state index in [0.29, 0.717) is 30.8 Å². The van der Waals surface area contributed by atoms with E-state index in [-0.39, 0.29) is 11.8 Å². The van der Waals surface area contributed by atoms with Crippen LogP contribution in [0.5, 0.6) is 0 Å². The SMILES string of the molecule is NCC1C[C@H]2CC[C@@H](C1)N2C(=O)c1ccc(CCC(N)=O)cc1. The third-order valence-corrected chi connectivity index (χ3v) is 5.26. The summed E-state index contributed by atoms with van der Waals surface area (Å²) in [5.41, 5.74) is 12.8. The van der Waals surface area contributed by atoms with Gasteiger partial charge in [-0.15, -0.1) is 0 Å². The molecule has 0 spiro atoms. The van der Waals surface area contributed by atoms with Crippen molar-refractivity contribution in [3.05, 3.63) is 35.4 Å². The highest BCUT2D eigenvalue weighted by Gasteiger charge is 2.42. The van der Waals surface area contributed by atoms with Gasteiger partial charge in [0.2, 0.25) is 5.91 Å². The lowest BCUT2D eigenvalue weighted by molar-refractivity contribution is -0.117. The predicted molar refractivity (Wildman–Crippen MR) is 88.7 cm³/mol. The molecule has 2 saturated heterocycles. The molecule has 23 heavy (non-hydrogen) atoms. The van der Waals surface area contributed by atoms with Crippen LogP contribution in [0.4, 0.5) is 0 Å². The zero-order valence-corrected chi connectivity index (χ0v) is 13.4. The van der Waals surface area contributed by atoms with Gasteiger partial charge in [-0.05, 0) is 62.3 Å². The van der Waals surface area contributed by atoms with Crippen molar-refractivity contribution < 1.29 is 9.59 Å². The van der Waals surface area contributed by atoms with E-state index in [4.69, 9.17) is 11.5 Å². The molecule has 2 bridgehead atoms. The second-order valence-electron chi connectivity index (χ2n) is 6.83. The summed E-state index contributed by atoms with van der Waals surface area (Å²) in [7, 11) is 0. The zero-order chi connectivity index (χ0) is 16.4. The summed E-state index contributed by atoms with van der Waals surface area (Å²) >= 11 is 0. The van der Waals surface area contributed by atoms with Gasteiger partial charge in [0, 0.05) is 24.1 Å². The molecule has 5 heteroatoms. The van der Waals surface area contributed by atoms with Crippen LogP contribution in [0.2, 0.25) is 0 Å². The van der Waals surface area contributed by atoms with Crippen molar-refractivity contribution in [3.8, 4) is 0 Å². The number of hydrogen-bond donors (Lipinski definition) is 2. The number of rotatable bonds is 5. The van der Waals surface area contributed by atoms with Crippen LogP contribution in [0.25, 0.3) is 0 Å². The molecule has 0 aliphatic carbocycles. The van der Waals surface area contributed by atoms with Crippen molar-refractivity contribution in [1.29, 1.82) is 0 Å². The normalized spacial score (nSPS) is 26.3. The largest absolute Gasteiger partial charge is 0.370 e. The van der Waals surface area contributed by atoms with E-state index in [9.17, 15) is 9.59 Å². The van der Waals surface area contributed by atoms with Gasteiger partial charge in [-0.2, -0.15) is 0 Å². The molecule has 3 atom stereocenters. The van der Waals surface area contributed by atoms with Crippen LogP contribution in [0, 0.1) is 5.92 Å². The van der Waals surface area contributed by atoms with Crippen LogP contribution in [0.15, 0.2) is 24.3 Å². The van der Waals surface area contributed by atoms with Crippen LogP contribution in [0.3, 0.4) is 0 Å². The number of nitrogens with two attached hydrogens (primary N) is 2. The van der Waals surface area contributed by atoms with E-state index in [1.807, 2.05) is 24.3 Å². The summed E-state index contributed by atoms with van der Waals surface area (Å²) in [5, 5.41) is 0. The molecule has 0 aromatic heterocycles. The molecule has 3 rings (SSSR count). The lowest BCUT2D eigenvalue weighted by Crippen LogP contribution is -2.47. The average Bonchev–Trinajstić information content (AvgIpc) is 2.82. The van der Waals surface area contributed by atoms with Crippen LogP contribution in [-0.2, 0) is 11.2 Å². The number of hydrogen-bond acceptors (Lipinski definition) is 3. The fraction of sp³-hybridized carbons (Fsp3) is 0.556. The first-order valence-electron chi connectivity index (χ1n) is 8.48. The number of aryl methyl sites for hydroxylation is 1. The van der Waals surface area contributed by atoms with Gasteiger partial charge in [0.1, 0.15) is 0 Å². The Morgan fingerprint density at radius 3 is 2.22 bits per heavy atom. The van der Waals surface area contributed by atoms with E-state index < -0.39 is 0 Å². The summed E-state index contributed by atoms with van der Waals surface area (Å²) in [6.07, 6.45) is 5.24. The number of amides is 2. The number of nitrogens with zero attached hydrogens (tertiary/aromatic N) is 1. The maximum atomic E-state index is 12.9. The van der Waals surface area contributed by atoms with Gasteiger partial charge in [-0.3, -0.25) is 9.59 Å². The molecule has 0 radical (unpaired) electrons. The van der Waals surface area contributed by atoms with E-state index in [1.54, 1.807) is 0 Å². The summed E-state index contributed by atoms with van der Waals surface area (Å²) in [5.74, 6) is 0.395. The van der Waals surface area contributed by atoms with Gasteiger partial charge in [0.25, 0.3) is 5.91 Å². The summed E-state index contributed by atoms with van der Waals surface area (Å²) < 4.78 is 0. The summed E-state index contributed by atoms with van der Waals surface area (Å²) in [4.78, 5) is 25.8. The van der Waals surface area contributed by atoms with Gasteiger partial charge in [0.15, 0.2) is 0 Å². The lowest BCUT2D eigenvalue weighted by Gasteiger charge is -2.38. The van der Waals surface area contributed by atoms with Crippen molar-refractivity contribution in [3.63, 3.8) is 0 Å². The van der Waals surface area contributed by atoms with Crippen molar-refractivity contribution in [2.45, 2.75) is 50.6 Å². The monoisotopic (exact) mass is 315 g/mol. The van der Waals surface area contributed by atoms with E-state index >= 15 is 0 Å². The fourth-order valence-electron chi connectivity index (χ4n) is 4.04. The van der Waals surface area contributed by atoms with Crippen molar-refractivity contribution in [2.75, 3.05) is 6.54 Å². The predicted octanol–water partition coefficient (Wildman–Crippen LogP) is 1.45. The Morgan fingerprint density at radius 1 is 1.09 bits per heavy atom. The third kappa shape index (κ3) is 3.39. The molecular weight excluding hydrogens is 290 g/mol. The van der Waals surface area contributed by atoms with Crippen LogP contribution in [0.1, 0.15) is 48.0 Å². The minimum absolute atomic E-state index is 0.134. The van der Waals surface area contributed by atoms with E-state index in [1.165, 1.54) is 0 Å². The maximum Gasteiger partial charge on any atom is 0.254 e. The molecule has 1 aromatic carbocycles. The Hall–Kier alpha value is -1.88. The van der Waals surface area contributed by atoms with Crippen LogP contribution in [-0.4, -0.2) is 35.3 Å². The smallest absolute Gasteiger partial charge is 0.254 e. The van der Waals surface area contributed by atoms with E-state index in [2.05, 4.69) is 4.90 Å². The van der Waals surface area contributed by atoms with Gasteiger partial charge >= 0.3 is 0 Å². The Bertz CT molecular complexity index is 570. The van der Waals surface area contributed by atoms with Gasteiger partial charge in [-0.25, -0.2) is 0 Å². The summed E-state index contributed by atoms with van der Waals surface area (Å²) in [6.45, 7) is 0.726. The third-order valence-electron chi connectivity index (χ3n) is 5.26. The highest BCUT2D eigenvalue weighted by molar-refractivity contribution is 5.95. The van der Waals surface area contributed by atoms with Crippen LogP contribution < -0.4 is 11.5 Å². The number of fused-ring (bicyclic) bond motifs is 2. The van der Waals surface area contributed by atoms with Crippen molar-refractivity contribution in [1.82, 2.24) is 4.90 Å². The number of carbonyl (C=O) groups is 2. The van der Waals surface area contributed by atoms with Gasteiger partial charge < -0.3 is 16.4 Å². The quantitative estimate of drug-likeness (QED) is 0.861. The molecule has 0 saturated carbocycles. The highest BCUT2D eigenvalue weighted by atomic mass is 16.2. The molecule has 2 fully saturated rings. The first-order valence-corrected chi connectivity index (χ1v) is 8.48. The molecule has 2 amide bonds. The molecule has 124 valence electrons. The maximum absolute atomic E-state index is 12.9. The van der Waals surface area contributed by atoms with Crippen LogP contribution >= 0.6 is 0 Å². The Kier molecular flexibility index (Phi) is 4.66. The Labute approximate surface area is 137 Å². The number of carbonyl (C=O) groups excluding carboxylic acids is 2.